The Labute approximate surface area is 277 Å². The molecule has 8 nitrogen and oxygen atoms in total. The summed E-state index contributed by atoms with van der Waals surface area (Å²) in [6.07, 6.45) is 7.00. The average Bonchev–Trinajstić information content (AvgIpc) is 3.00. The van der Waals surface area contributed by atoms with Gasteiger partial charge >= 0.3 is 11.9 Å². The number of nitrogens with zero attached hydrogens (tertiary/aromatic N) is 2. The van der Waals surface area contributed by atoms with Crippen molar-refractivity contribution in [3.8, 4) is 0 Å². The van der Waals surface area contributed by atoms with Gasteiger partial charge < -0.3 is 24.6 Å². The van der Waals surface area contributed by atoms with E-state index in [4.69, 9.17) is 32.7 Å². The number of rotatable bonds is 9. The average molecular weight is 661 g/mol. The van der Waals surface area contributed by atoms with Gasteiger partial charge in [-0.3, -0.25) is 4.79 Å². The van der Waals surface area contributed by atoms with Crippen LogP contribution in [0.5, 0.6) is 0 Å². The molecule has 2 heterocycles. The summed E-state index contributed by atoms with van der Waals surface area (Å²) in [5, 5.41) is 2.36. The van der Waals surface area contributed by atoms with E-state index in [9.17, 15) is 14.4 Å². The lowest BCUT2D eigenvalue weighted by atomic mass is 9.71. The number of piperidine rings is 1. The van der Waals surface area contributed by atoms with Gasteiger partial charge in [0.1, 0.15) is 0 Å². The molecule has 4 unspecified atom stereocenters. The number of nitrogens with one attached hydrogen (secondary N) is 1. The molecular formula is C35H47Cl2N3O5. The van der Waals surface area contributed by atoms with Crippen LogP contribution in [0, 0.1) is 11.8 Å². The van der Waals surface area contributed by atoms with Crippen LogP contribution in [0.25, 0.3) is 0 Å². The minimum atomic E-state index is -0.846. The molecule has 246 valence electrons. The number of alkyl halides is 2. The first-order valence-electron chi connectivity index (χ1n) is 15.8. The Balaban J connectivity index is 1.84. The van der Waals surface area contributed by atoms with Crippen molar-refractivity contribution in [3.63, 3.8) is 0 Å². The lowest BCUT2D eigenvalue weighted by molar-refractivity contribution is -0.140. The van der Waals surface area contributed by atoms with E-state index in [1.807, 2.05) is 68.2 Å². The van der Waals surface area contributed by atoms with E-state index < -0.39 is 40.1 Å². The van der Waals surface area contributed by atoms with Crippen LogP contribution in [0.1, 0.15) is 58.4 Å². The third-order valence-corrected chi connectivity index (χ3v) is 10.0. The maximum Gasteiger partial charge on any atom is 0.336 e. The fraction of sp³-hybridized carbons (Fsp3) is 0.571. The molecule has 0 saturated carbocycles. The number of likely N-dealkylation sites (tertiary alicyclic amines) is 1. The van der Waals surface area contributed by atoms with Gasteiger partial charge in [0.05, 0.1) is 37.2 Å². The summed E-state index contributed by atoms with van der Waals surface area (Å²) < 4.78 is 10.6. The predicted molar refractivity (Wildman–Crippen MR) is 178 cm³/mol. The maximum absolute atomic E-state index is 14.4. The zero-order chi connectivity index (χ0) is 32.9. The fourth-order valence-corrected chi connectivity index (χ4v) is 7.93. The van der Waals surface area contributed by atoms with Gasteiger partial charge in [-0.15, -0.1) is 23.2 Å². The summed E-state index contributed by atoms with van der Waals surface area (Å²) in [4.78, 5) is 46.0. The number of halogens is 2. The van der Waals surface area contributed by atoms with E-state index in [0.717, 1.165) is 31.5 Å². The quantitative estimate of drug-likeness (QED) is 0.210. The summed E-state index contributed by atoms with van der Waals surface area (Å²) in [7, 11) is 4.72. The molecule has 1 amide bonds. The van der Waals surface area contributed by atoms with E-state index in [2.05, 4.69) is 17.3 Å². The Kier molecular flexibility index (Phi) is 11.8. The van der Waals surface area contributed by atoms with Crippen LogP contribution in [0.15, 0.2) is 65.0 Å². The molecule has 4 atom stereocenters. The van der Waals surface area contributed by atoms with Gasteiger partial charge in [-0.25, -0.2) is 9.59 Å². The van der Waals surface area contributed by atoms with Crippen LogP contribution in [0.2, 0.25) is 0 Å². The second-order valence-electron chi connectivity index (χ2n) is 13.2. The third kappa shape index (κ3) is 8.13. The normalized spacial score (nSPS) is 24.7. The van der Waals surface area contributed by atoms with Crippen molar-refractivity contribution < 1.29 is 23.9 Å². The van der Waals surface area contributed by atoms with E-state index in [-0.39, 0.29) is 23.9 Å². The maximum atomic E-state index is 14.4. The molecule has 1 aromatic carbocycles. The monoisotopic (exact) mass is 659 g/mol. The molecule has 3 aliphatic rings. The van der Waals surface area contributed by atoms with Gasteiger partial charge in [-0.1, -0.05) is 42.5 Å². The first kappa shape index (κ1) is 35.1. The largest absolute Gasteiger partial charge is 0.466 e. The molecule has 0 aromatic heterocycles. The number of dihydropyridines is 1. The standard InChI is InChI=1S/C35H47Cl2N3O5/c1-35(2,3)40(23-17-19-39(4)20-18-23)28(41)21-27-31(34(43)45-6)32(29-24(36)13-10-14-25(29)37)30(33(42)44-5)26(38-27)16-15-22-11-8-7-9-12-22/h7-13,23-25,29,32,38H,14-21H2,1-6H3. The predicted octanol–water partition coefficient (Wildman–Crippen LogP) is 5.60. The number of amides is 1. The van der Waals surface area contributed by atoms with E-state index in [1.54, 1.807) is 0 Å². The third-order valence-electron chi connectivity index (χ3n) is 9.12. The van der Waals surface area contributed by atoms with Gasteiger partial charge in [0, 0.05) is 40.2 Å². The number of ether oxygens (including phenoxy) is 2. The van der Waals surface area contributed by atoms with Gasteiger partial charge in [0.2, 0.25) is 5.91 Å². The van der Waals surface area contributed by atoms with E-state index >= 15 is 0 Å². The van der Waals surface area contributed by atoms with Crippen molar-refractivity contribution in [3.05, 3.63) is 70.6 Å². The molecule has 0 spiro atoms. The molecule has 1 aliphatic carbocycles. The second-order valence-corrected chi connectivity index (χ2v) is 14.3. The highest BCUT2D eigenvalue weighted by atomic mass is 35.5. The first-order valence-corrected chi connectivity index (χ1v) is 16.6. The van der Waals surface area contributed by atoms with Crippen LogP contribution in [-0.4, -0.2) is 84.3 Å². The zero-order valence-corrected chi connectivity index (χ0v) is 28.8. The second kappa shape index (κ2) is 15.2. The Morgan fingerprint density at radius 1 is 0.956 bits per heavy atom. The van der Waals surface area contributed by atoms with Gasteiger partial charge in [0.15, 0.2) is 0 Å². The molecule has 1 N–H and O–H groups in total. The molecule has 4 rings (SSSR count). The number of hydrogen-bond acceptors (Lipinski definition) is 7. The van der Waals surface area contributed by atoms with Crippen molar-refractivity contribution in [2.75, 3.05) is 34.4 Å². The number of aryl methyl sites for hydroxylation is 1. The number of esters is 2. The molecule has 2 aliphatic heterocycles. The SMILES string of the molecule is COC(=O)C1=C(CCc2ccccc2)NC(CC(=O)N(C2CCN(C)CC2)C(C)(C)C)=C(C(=O)OC)C1C1C(Cl)C=CCC1Cl. The topological polar surface area (TPSA) is 88.2 Å². The van der Waals surface area contributed by atoms with Crippen LogP contribution in [-0.2, 0) is 30.3 Å². The number of allylic oxidation sites excluding steroid dienone is 3. The molecule has 45 heavy (non-hydrogen) atoms. The lowest BCUT2D eigenvalue weighted by Crippen LogP contribution is -2.55. The van der Waals surface area contributed by atoms with Crippen LogP contribution in [0.3, 0.4) is 0 Å². The number of carbonyl (C=O) groups excluding carboxylic acids is 3. The van der Waals surface area contributed by atoms with Crippen LogP contribution < -0.4 is 5.32 Å². The number of hydrogen-bond donors (Lipinski definition) is 1. The minimum Gasteiger partial charge on any atom is -0.466 e. The van der Waals surface area contributed by atoms with E-state index in [1.165, 1.54) is 14.2 Å². The molecule has 1 aromatic rings. The molecule has 0 bridgehead atoms. The Bertz CT molecular complexity index is 1330. The fourth-order valence-electron chi connectivity index (χ4n) is 7.02. The Morgan fingerprint density at radius 3 is 2.11 bits per heavy atom. The van der Waals surface area contributed by atoms with E-state index in [0.29, 0.717) is 36.2 Å². The molecule has 10 heteroatoms. The van der Waals surface area contributed by atoms with Crippen LogP contribution in [0.4, 0.5) is 0 Å². The summed E-state index contributed by atoms with van der Waals surface area (Å²) in [6.45, 7) is 7.93. The summed E-state index contributed by atoms with van der Waals surface area (Å²) in [5.41, 5.74) is 2.14. The highest BCUT2D eigenvalue weighted by Crippen LogP contribution is 2.46. The van der Waals surface area contributed by atoms with Gasteiger partial charge in [-0.2, -0.15) is 0 Å². The summed E-state index contributed by atoms with van der Waals surface area (Å²) in [6, 6.07) is 10.0. The highest BCUT2D eigenvalue weighted by molar-refractivity contribution is 6.25. The van der Waals surface area contributed by atoms with Crippen molar-refractivity contribution >= 4 is 41.0 Å². The van der Waals surface area contributed by atoms with Crippen molar-refractivity contribution in [2.24, 2.45) is 11.8 Å². The molecule has 1 fully saturated rings. The van der Waals surface area contributed by atoms with Gasteiger partial charge in [-0.05, 0) is 78.6 Å². The molecule has 1 saturated heterocycles. The Morgan fingerprint density at radius 2 is 1.56 bits per heavy atom. The number of carbonyl (C=O) groups is 3. The minimum absolute atomic E-state index is 0.0666. The molecular weight excluding hydrogens is 613 g/mol. The first-order chi connectivity index (χ1) is 21.4. The molecule has 0 radical (unpaired) electrons. The zero-order valence-electron chi connectivity index (χ0n) is 27.3. The van der Waals surface area contributed by atoms with Crippen LogP contribution >= 0.6 is 23.2 Å². The van der Waals surface area contributed by atoms with Crippen molar-refractivity contribution in [1.29, 1.82) is 0 Å². The highest BCUT2D eigenvalue weighted by Gasteiger charge is 2.48. The Hall–Kier alpha value is -2.81. The summed E-state index contributed by atoms with van der Waals surface area (Å²) >= 11 is 13.9. The summed E-state index contributed by atoms with van der Waals surface area (Å²) in [5.74, 6) is -2.69. The number of benzene rings is 1. The number of methoxy groups -OCH3 is 2. The lowest BCUT2D eigenvalue weighted by Gasteiger charge is -2.45. The van der Waals surface area contributed by atoms with Gasteiger partial charge in [0.25, 0.3) is 0 Å². The smallest absolute Gasteiger partial charge is 0.336 e. The van der Waals surface area contributed by atoms with Crippen molar-refractivity contribution in [1.82, 2.24) is 15.1 Å². The van der Waals surface area contributed by atoms with Crippen molar-refractivity contribution in [2.45, 2.75) is 81.6 Å².